The molecule has 1 atom stereocenters. The molecule has 0 heterocycles. The molecule has 70 valence electrons. The van der Waals surface area contributed by atoms with Crippen LogP contribution in [0.3, 0.4) is 0 Å². The fourth-order valence-electron chi connectivity index (χ4n) is 0.954. The maximum Gasteiger partial charge on any atom is 0.112 e. The summed E-state index contributed by atoms with van der Waals surface area (Å²) in [5.74, 6) is 0. The topological polar surface area (TPSA) is 0 Å². The lowest BCUT2D eigenvalue weighted by Gasteiger charge is -2.08. The fourth-order valence-corrected chi connectivity index (χ4v) is 2.17. The van der Waals surface area contributed by atoms with Crippen molar-refractivity contribution in [3.8, 4) is 0 Å². The van der Waals surface area contributed by atoms with E-state index in [-0.39, 0.29) is 4.49 Å². The number of halogens is 3. The molecule has 0 saturated heterocycles. The second-order valence-electron chi connectivity index (χ2n) is 2.38. The van der Waals surface area contributed by atoms with Gasteiger partial charge in [-0.25, -0.2) is 0 Å². The van der Waals surface area contributed by atoms with E-state index in [2.05, 4.69) is 12.6 Å². The van der Waals surface area contributed by atoms with Gasteiger partial charge in [0.2, 0.25) is 0 Å². The molecule has 0 saturated carbocycles. The predicted molar refractivity (Wildman–Crippen MR) is 63.7 cm³/mol. The summed E-state index contributed by atoms with van der Waals surface area (Å²) >= 11 is 21.3. The Bertz CT molecular complexity index is 302. The van der Waals surface area contributed by atoms with Crippen LogP contribution in [0.25, 0.3) is 5.57 Å². The van der Waals surface area contributed by atoms with Crippen molar-refractivity contribution < 1.29 is 0 Å². The van der Waals surface area contributed by atoms with Crippen LogP contribution in [0.15, 0.2) is 34.8 Å². The highest BCUT2D eigenvalue weighted by atomic mass is 35.5. The summed E-state index contributed by atoms with van der Waals surface area (Å²) in [7, 11) is 0. The van der Waals surface area contributed by atoms with Crippen LogP contribution in [0.5, 0.6) is 0 Å². The molecule has 0 aromatic heterocycles. The van der Waals surface area contributed by atoms with E-state index in [1.165, 1.54) is 0 Å². The van der Waals surface area contributed by atoms with E-state index in [9.17, 15) is 0 Å². The molecule has 0 radical (unpaired) electrons. The van der Waals surface area contributed by atoms with Crippen LogP contribution in [-0.4, -0.2) is 4.71 Å². The molecule has 0 bridgehead atoms. The van der Waals surface area contributed by atoms with Crippen molar-refractivity contribution >= 4 is 53.0 Å². The molecule has 0 aliphatic heterocycles. The van der Waals surface area contributed by atoms with Crippen molar-refractivity contribution in [1.29, 1.82) is 0 Å². The first kappa shape index (κ1) is 11.3. The lowest BCUT2D eigenvalue weighted by Crippen LogP contribution is -1.94. The van der Waals surface area contributed by atoms with E-state index >= 15 is 0 Å². The highest BCUT2D eigenvalue weighted by molar-refractivity contribution is 7.83. The van der Waals surface area contributed by atoms with E-state index in [0.717, 1.165) is 5.56 Å². The van der Waals surface area contributed by atoms with Gasteiger partial charge in [-0.1, -0.05) is 53.5 Å². The number of rotatable bonds is 2. The van der Waals surface area contributed by atoms with Gasteiger partial charge in [0.25, 0.3) is 0 Å². The summed E-state index contributed by atoms with van der Waals surface area (Å²) in [5, 5.41) is 0. The molecule has 0 aliphatic rings. The summed E-state index contributed by atoms with van der Waals surface area (Å²) in [4.78, 5) is 0. The first-order valence-electron chi connectivity index (χ1n) is 3.55. The third-order valence-corrected chi connectivity index (χ3v) is 2.41. The molecule has 1 rings (SSSR count). The van der Waals surface area contributed by atoms with Crippen molar-refractivity contribution in [2.45, 2.75) is 4.71 Å². The van der Waals surface area contributed by atoms with E-state index in [0.29, 0.717) is 5.57 Å². The van der Waals surface area contributed by atoms with Crippen LogP contribution in [0, 0.1) is 0 Å². The molecule has 1 aromatic rings. The van der Waals surface area contributed by atoms with Crippen molar-refractivity contribution in [2.24, 2.45) is 0 Å². The Balaban J connectivity index is 3.12. The van der Waals surface area contributed by atoms with Crippen LogP contribution >= 0.6 is 47.4 Å². The zero-order valence-electron chi connectivity index (χ0n) is 6.55. The van der Waals surface area contributed by atoms with Gasteiger partial charge in [0.1, 0.15) is 9.20 Å². The van der Waals surface area contributed by atoms with Gasteiger partial charge in [-0.15, -0.1) is 11.6 Å². The Labute approximate surface area is 97.9 Å². The molecule has 0 N–H and O–H groups in total. The zero-order valence-corrected chi connectivity index (χ0v) is 9.71. The average Bonchev–Trinajstić information content (AvgIpc) is 2.04. The molecule has 0 fully saturated rings. The largest absolute Gasteiger partial charge is 0.155 e. The Morgan fingerprint density at radius 3 is 2.08 bits per heavy atom. The van der Waals surface area contributed by atoms with Crippen LogP contribution < -0.4 is 0 Å². The van der Waals surface area contributed by atoms with Gasteiger partial charge in [-0.05, 0) is 5.56 Å². The Kier molecular flexibility index (Phi) is 4.47. The molecule has 0 aliphatic carbocycles. The SMILES string of the molecule is SC(Cl)C(=C(Cl)Cl)c1ccccc1. The van der Waals surface area contributed by atoms with Gasteiger partial charge in [0, 0.05) is 5.57 Å². The fraction of sp³-hybridized carbons (Fsp3) is 0.111. The number of thiol groups is 1. The standard InChI is InChI=1S/C9H7Cl3S/c10-8(11)7(9(12)13)6-4-2-1-3-5-6/h1-5,9,13H. The Morgan fingerprint density at radius 2 is 1.69 bits per heavy atom. The smallest absolute Gasteiger partial charge is 0.112 e. The van der Waals surface area contributed by atoms with Gasteiger partial charge in [-0.2, -0.15) is 12.6 Å². The van der Waals surface area contributed by atoms with Crippen LogP contribution in [0.1, 0.15) is 5.56 Å². The molecule has 1 unspecified atom stereocenters. The molecule has 0 nitrogen and oxygen atoms in total. The van der Waals surface area contributed by atoms with Crippen LogP contribution in [0.4, 0.5) is 0 Å². The maximum atomic E-state index is 5.81. The molecule has 0 amide bonds. The lowest BCUT2D eigenvalue weighted by molar-refractivity contribution is 1.54. The molecular formula is C9H7Cl3S. The number of benzene rings is 1. The van der Waals surface area contributed by atoms with Crippen LogP contribution in [0.2, 0.25) is 0 Å². The van der Waals surface area contributed by atoms with Gasteiger partial charge < -0.3 is 0 Å². The monoisotopic (exact) mass is 252 g/mol. The summed E-state index contributed by atoms with van der Waals surface area (Å²) in [6, 6.07) is 9.45. The van der Waals surface area contributed by atoms with E-state index in [1.54, 1.807) is 0 Å². The first-order valence-corrected chi connectivity index (χ1v) is 5.26. The minimum absolute atomic E-state index is 0.154. The number of hydrogen-bond acceptors (Lipinski definition) is 1. The van der Waals surface area contributed by atoms with E-state index < -0.39 is 4.71 Å². The van der Waals surface area contributed by atoms with E-state index in [4.69, 9.17) is 34.8 Å². The normalized spacial score (nSPS) is 12.3. The second kappa shape index (κ2) is 5.16. The number of hydrogen-bond donors (Lipinski definition) is 1. The minimum Gasteiger partial charge on any atom is -0.155 e. The average molecular weight is 254 g/mol. The highest BCUT2D eigenvalue weighted by Crippen LogP contribution is 2.31. The van der Waals surface area contributed by atoms with Gasteiger partial charge in [0.05, 0.1) is 0 Å². The van der Waals surface area contributed by atoms with Crippen molar-refractivity contribution in [3.63, 3.8) is 0 Å². The lowest BCUT2D eigenvalue weighted by atomic mass is 10.1. The highest BCUT2D eigenvalue weighted by Gasteiger charge is 2.12. The maximum absolute atomic E-state index is 5.81. The first-order chi connectivity index (χ1) is 6.13. The molecular weight excluding hydrogens is 247 g/mol. The number of alkyl halides is 1. The Morgan fingerprint density at radius 1 is 1.15 bits per heavy atom. The van der Waals surface area contributed by atoms with Crippen LogP contribution in [-0.2, 0) is 0 Å². The third kappa shape index (κ3) is 3.10. The van der Waals surface area contributed by atoms with Gasteiger partial charge in [0.15, 0.2) is 0 Å². The molecule has 0 spiro atoms. The minimum atomic E-state index is -0.493. The van der Waals surface area contributed by atoms with Gasteiger partial charge in [-0.3, -0.25) is 0 Å². The summed E-state index contributed by atoms with van der Waals surface area (Å²) in [6.07, 6.45) is 0. The van der Waals surface area contributed by atoms with E-state index in [1.807, 2.05) is 30.3 Å². The Hall–Kier alpha value is 0.180. The summed E-state index contributed by atoms with van der Waals surface area (Å²) in [5.41, 5.74) is 1.52. The second-order valence-corrected chi connectivity index (χ2v) is 4.58. The zero-order chi connectivity index (χ0) is 9.84. The summed E-state index contributed by atoms with van der Waals surface area (Å²) < 4.78 is -0.339. The molecule has 13 heavy (non-hydrogen) atoms. The summed E-state index contributed by atoms with van der Waals surface area (Å²) in [6.45, 7) is 0. The third-order valence-electron chi connectivity index (χ3n) is 1.53. The van der Waals surface area contributed by atoms with Crippen molar-refractivity contribution in [1.82, 2.24) is 0 Å². The molecule has 4 heteroatoms. The predicted octanol–water partition coefficient (Wildman–Crippen LogP) is 4.33. The molecule has 1 aromatic carbocycles. The van der Waals surface area contributed by atoms with Crippen molar-refractivity contribution in [3.05, 3.63) is 40.4 Å². The van der Waals surface area contributed by atoms with Gasteiger partial charge >= 0.3 is 0 Å². The quantitative estimate of drug-likeness (QED) is 0.589. The van der Waals surface area contributed by atoms with Crippen molar-refractivity contribution in [2.75, 3.05) is 0 Å².